The van der Waals surface area contributed by atoms with E-state index in [2.05, 4.69) is 25.2 Å². The second kappa shape index (κ2) is 14.4. The Morgan fingerprint density at radius 2 is 1.24 bits per heavy atom. The minimum atomic E-state index is 1.18. The molecule has 0 saturated heterocycles. The van der Waals surface area contributed by atoms with Gasteiger partial charge in [0.05, 0.1) is 0 Å². The molecule has 0 atom stereocenters. The zero-order valence-electron chi connectivity index (χ0n) is 10.8. The third-order valence-electron chi connectivity index (χ3n) is 2.11. The fourth-order valence-corrected chi connectivity index (χ4v) is 1.20. The van der Waals surface area contributed by atoms with Crippen LogP contribution in [0.15, 0.2) is 66.8 Å². The Bertz CT molecular complexity index is 298. The van der Waals surface area contributed by atoms with Crippen molar-refractivity contribution in [3.05, 3.63) is 73.4 Å². The van der Waals surface area contributed by atoms with Crippen LogP contribution in [0.4, 0.5) is 0 Å². The van der Waals surface area contributed by atoms with Gasteiger partial charge in [0.15, 0.2) is 0 Å². The van der Waals surface area contributed by atoms with E-state index in [0.717, 1.165) is 0 Å². The fourth-order valence-electron chi connectivity index (χ4n) is 1.20. The average Bonchev–Trinajstić information content (AvgIpc) is 2.35. The molecule has 0 saturated carbocycles. The maximum absolute atomic E-state index is 5.19. The van der Waals surface area contributed by atoms with E-state index in [-0.39, 0.29) is 0 Å². The van der Waals surface area contributed by atoms with Crippen molar-refractivity contribution in [3.8, 4) is 0 Å². The lowest BCUT2D eigenvalue weighted by molar-refractivity contribution is 0.729. The summed E-state index contributed by atoms with van der Waals surface area (Å²) in [6.45, 7) is 7.41. The molecule has 0 aliphatic rings. The molecule has 0 unspecified atom stereocenters. The van der Waals surface area contributed by atoms with Crippen LogP contribution < -0.4 is 0 Å². The Hall–Kier alpha value is -1.56. The average molecular weight is 227 g/mol. The van der Waals surface area contributed by atoms with Crippen LogP contribution in [-0.2, 0) is 0 Å². The van der Waals surface area contributed by atoms with Crippen LogP contribution >= 0.6 is 0 Å². The van der Waals surface area contributed by atoms with Crippen molar-refractivity contribution >= 4 is 0 Å². The normalized spacial score (nSPS) is 13.0. The first-order chi connectivity index (χ1) is 8.41. The summed E-state index contributed by atoms with van der Waals surface area (Å²) in [4.78, 5) is 0. The molecule has 91 valence electrons. The van der Waals surface area contributed by atoms with Gasteiger partial charge in [0.1, 0.15) is 0 Å². The molecule has 0 heteroatoms. The van der Waals surface area contributed by atoms with E-state index >= 15 is 0 Å². The first kappa shape index (κ1) is 15.4. The van der Waals surface area contributed by atoms with E-state index in [9.17, 15) is 0 Å². The summed E-state index contributed by atoms with van der Waals surface area (Å²) in [7, 11) is 0. The molecule has 0 aliphatic heterocycles. The van der Waals surface area contributed by atoms with Gasteiger partial charge in [-0.25, -0.2) is 0 Å². The highest BCUT2D eigenvalue weighted by atomic mass is 13.9. The molecule has 0 nitrogen and oxygen atoms in total. The van der Waals surface area contributed by atoms with Gasteiger partial charge in [-0.1, -0.05) is 93.2 Å². The quantitative estimate of drug-likeness (QED) is 0.368. The van der Waals surface area contributed by atoms with Gasteiger partial charge in [-0.15, -0.1) is 0 Å². The van der Waals surface area contributed by atoms with Gasteiger partial charge in [-0.2, -0.15) is 0 Å². The van der Waals surface area contributed by atoms with Crippen molar-refractivity contribution in [2.45, 2.75) is 32.6 Å². The number of unbranched alkanes of at least 4 members (excludes halogenated alkanes) is 3. The minimum absolute atomic E-state index is 1.18. The molecule has 17 heavy (non-hydrogen) atoms. The zero-order valence-corrected chi connectivity index (χ0v) is 10.8. The van der Waals surface area contributed by atoms with Crippen LogP contribution in [-0.4, -0.2) is 0 Å². The summed E-state index contributed by atoms with van der Waals surface area (Å²) in [5.41, 5.74) is 0. The van der Waals surface area contributed by atoms with Crippen molar-refractivity contribution in [2.75, 3.05) is 0 Å². The minimum Gasteiger partial charge on any atom is -0.0845 e. The molecule has 0 fully saturated rings. The lowest BCUT2D eigenvalue weighted by Gasteiger charge is -1.89. The summed E-state index contributed by atoms with van der Waals surface area (Å²) in [6, 6.07) is 0. The van der Waals surface area contributed by atoms with E-state index in [0.29, 0.717) is 0 Å². The molecule has 0 aromatic rings. The molecule has 0 amide bonds. The van der Waals surface area contributed by atoms with E-state index in [1.807, 2.05) is 36.5 Å². The van der Waals surface area contributed by atoms with Gasteiger partial charge in [0.2, 0.25) is 0 Å². The van der Waals surface area contributed by atoms with E-state index in [4.69, 9.17) is 6.58 Å². The smallest absolute Gasteiger partial charge is 0.0348 e. The van der Waals surface area contributed by atoms with Gasteiger partial charge in [0.25, 0.3) is 0 Å². The first-order valence-corrected chi connectivity index (χ1v) is 6.28. The third kappa shape index (κ3) is 14.4. The van der Waals surface area contributed by atoms with Gasteiger partial charge in [-0.3, -0.25) is 0 Å². The molecule has 0 rings (SSSR count). The van der Waals surface area contributed by atoms with Crippen LogP contribution in [0.5, 0.6) is 0 Å². The zero-order chi connectivity index (χ0) is 12.6. The molecule has 0 heterocycles. The van der Waals surface area contributed by atoms with Crippen molar-refractivity contribution in [3.63, 3.8) is 0 Å². The molecule has 0 spiro atoms. The van der Waals surface area contributed by atoms with Gasteiger partial charge >= 0.3 is 0 Å². The van der Waals surface area contributed by atoms with Crippen LogP contribution in [0.1, 0.15) is 32.6 Å². The highest BCUT2D eigenvalue weighted by Crippen LogP contribution is 1.99. The predicted octanol–water partition coefficient (Wildman–Crippen LogP) is 5.34. The van der Waals surface area contributed by atoms with E-state index in [1.54, 1.807) is 6.08 Å². The van der Waals surface area contributed by atoms with Crippen LogP contribution in [0.3, 0.4) is 0 Å². The van der Waals surface area contributed by atoms with Gasteiger partial charge in [-0.05, 0) is 12.8 Å². The van der Waals surface area contributed by atoms with Crippen molar-refractivity contribution in [1.29, 1.82) is 0 Å². The Labute approximate surface area is 106 Å². The standard InChI is InChI=1S/C17H23/c1-3-5-7-9-11-13-15-17-16-14-12-10-8-6-4-2/h1,3,5,7,9,11-17H,4,6,8,10H2,2H3/b3-1?,7-5+,11-9+,14-12+,15-13+,17-16+. The van der Waals surface area contributed by atoms with Crippen molar-refractivity contribution < 1.29 is 0 Å². The lowest BCUT2D eigenvalue weighted by atomic mass is 10.2. The number of allylic oxidation sites excluding steroid dienone is 11. The highest BCUT2D eigenvalue weighted by molar-refractivity contribution is 5.18. The highest BCUT2D eigenvalue weighted by Gasteiger charge is 1.79. The SMILES string of the molecule is [CH]=C/C=C/C=C/C=C/C=C/C=C/CCCCC. The Morgan fingerprint density at radius 3 is 1.76 bits per heavy atom. The Morgan fingerprint density at radius 1 is 0.706 bits per heavy atom. The molecule has 0 aromatic carbocycles. The van der Waals surface area contributed by atoms with Gasteiger partial charge in [0, 0.05) is 0 Å². The maximum atomic E-state index is 5.19. The number of hydrogen-bond acceptors (Lipinski definition) is 0. The number of hydrogen-bond donors (Lipinski definition) is 0. The largest absolute Gasteiger partial charge is 0.0845 e. The molecule has 0 bridgehead atoms. The first-order valence-electron chi connectivity index (χ1n) is 6.28. The summed E-state index contributed by atoms with van der Waals surface area (Å²) >= 11 is 0. The molecular formula is C17H23. The second-order valence-electron chi connectivity index (χ2n) is 3.66. The molecule has 0 N–H and O–H groups in total. The van der Waals surface area contributed by atoms with Crippen molar-refractivity contribution in [1.82, 2.24) is 0 Å². The molecule has 0 aromatic heterocycles. The molecule has 1 radical (unpaired) electrons. The molecule has 0 aliphatic carbocycles. The summed E-state index contributed by atoms with van der Waals surface area (Å²) in [6.07, 6.45) is 26.6. The topological polar surface area (TPSA) is 0 Å². The summed E-state index contributed by atoms with van der Waals surface area (Å²) < 4.78 is 0. The van der Waals surface area contributed by atoms with Crippen LogP contribution in [0.25, 0.3) is 0 Å². The van der Waals surface area contributed by atoms with Gasteiger partial charge < -0.3 is 0 Å². The number of rotatable bonds is 9. The van der Waals surface area contributed by atoms with Crippen LogP contribution in [0, 0.1) is 6.58 Å². The summed E-state index contributed by atoms with van der Waals surface area (Å²) in [5, 5.41) is 0. The van der Waals surface area contributed by atoms with E-state index < -0.39 is 0 Å². The van der Waals surface area contributed by atoms with Crippen molar-refractivity contribution in [2.24, 2.45) is 0 Å². The Balaban J connectivity index is 3.58. The second-order valence-corrected chi connectivity index (χ2v) is 3.66. The Kier molecular flexibility index (Phi) is 13.1. The lowest BCUT2D eigenvalue weighted by Crippen LogP contribution is -1.69. The third-order valence-corrected chi connectivity index (χ3v) is 2.11. The molecular weight excluding hydrogens is 204 g/mol. The monoisotopic (exact) mass is 227 g/mol. The summed E-state index contributed by atoms with van der Waals surface area (Å²) in [5.74, 6) is 0. The van der Waals surface area contributed by atoms with E-state index in [1.165, 1.54) is 31.8 Å². The predicted molar refractivity (Wildman–Crippen MR) is 78.7 cm³/mol. The maximum Gasteiger partial charge on any atom is -0.0348 e. The fraction of sp³-hybridized carbons (Fsp3) is 0.294. The van der Waals surface area contributed by atoms with Crippen LogP contribution in [0.2, 0.25) is 0 Å².